The lowest BCUT2D eigenvalue weighted by molar-refractivity contribution is 0.0535. The molecule has 0 bridgehead atoms. The highest BCUT2D eigenvalue weighted by Gasteiger charge is 2.24. The summed E-state index contributed by atoms with van der Waals surface area (Å²) in [4.78, 5) is 34.7. The Balaban J connectivity index is 2.44. The van der Waals surface area contributed by atoms with Crippen LogP contribution in [0.1, 0.15) is 20.7 Å². The van der Waals surface area contributed by atoms with Crippen molar-refractivity contribution in [2.75, 3.05) is 19.3 Å². The Labute approximate surface area is 142 Å². The summed E-state index contributed by atoms with van der Waals surface area (Å²) in [5, 5.41) is 1.06. The number of hydroxylamine groups is 2. The number of halogens is 1. The second kappa shape index (κ2) is 7.87. The van der Waals surface area contributed by atoms with E-state index in [1.54, 1.807) is 48.5 Å². The van der Waals surface area contributed by atoms with Crippen molar-refractivity contribution in [3.05, 3.63) is 64.1 Å². The second-order valence-corrected chi connectivity index (χ2v) is 5.27. The number of benzene rings is 2. The molecule has 2 amide bonds. The van der Waals surface area contributed by atoms with E-state index in [9.17, 15) is 9.59 Å². The third-order valence-electron chi connectivity index (χ3n) is 3.03. The maximum Gasteiger partial charge on any atom is 0.283 e. The van der Waals surface area contributed by atoms with Crippen LogP contribution in [0.2, 0.25) is 0 Å². The Bertz CT molecular complexity index is 721. The fourth-order valence-electron chi connectivity index (χ4n) is 2.03. The normalized spacial score (nSPS) is 10.2. The van der Waals surface area contributed by atoms with Gasteiger partial charge in [-0.2, -0.15) is 5.06 Å². The van der Waals surface area contributed by atoms with Gasteiger partial charge < -0.3 is 0 Å². The van der Waals surface area contributed by atoms with E-state index < -0.39 is 11.8 Å². The minimum absolute atomic E-state index is 0.247. The zero-order valence-electron chi connectivity index (χ0n) is 12.6. The van der Waals surface area contributed by atoms with Crippen molar-refractivity contribution in [2.24, 2.45) is 0 Å². The van der Waals surface area contributed by atoms with Gasteiger partial charge in [0.25, 0.3) is 11.8 Å². The molecule has 1 N–H and O–H groups in total. The monoisotopic (exact) mass is 378 g/mol. The highest BCUT2D eigenvalue weighted by molar-refractivity contribution is 9.10. The molecule has 0 heterocycles. The zero-order valence-corrected chi connectivity index (χ0v) is 14.2. The first-order valence-corrected chi connectivity index (χ1v) is 7.45. The topological polar surface area (TPSA) is 67.9 Å². The summed E-state index contributed by atoms with van der Waals surface area (Å²) in [7, 11) is 2.70. The number of carbonyl (C=O) groups excluding carboxylic acids is 2. The minimum Gasteiger partial charge on any atom is -0.277 e. The summed E-state index contributed by atoms with van der Waals surface area (Å²) in [5.74, 6) is -0.886. The number of anilines is 1. The SMILES string of the molecule is CONC(=O)c1ccccc1N(OC)C(=O)c1ccccc1Br. The Kier molecular flexibility index (Phi) is 5.86. The number of nitrogens with one attached hydrogen (secondary N) is 1. The highest BCUT2D eigenvalue weighted by atomic mass is 79.9. The quantitative estimate of drug-likeness (QED) is 0.812. The van der Waals surface area contributed by atoms with Gasteiger partial charge in [-0.15, -0.1) is 0 Å². The fraction of sp³-hybridized carbons (Fsp3) is 0.125. The van der Waals surface area contributed by atoms with Crippen molar-refractivity contribution < 1.29 is 19.3 Å². The van der Waals surface area contributed by atoms with Crippen LogP contribution in [-0.2, 0) is 9.68 Å². The summed E-state index contributed by atoms with van der Waals surface area (Å²) < 4.78 is 0.630. The van der Waals surface area contributed by atoms with Crippen LogP contribution in [0.3, 0.4) is 0 Å². The van der Waals surface area contributed by atoms with Gasteiger partial charge in [0, 0.05) is 4.47 Å². The van der Waals surface area contributed by atoms with Gasteiger partial charge in [0.15, 0.2) is 0 Å². The summed E-state index contributed by atoms with van der Waals surface area (Å²) >= 11 is 3.34. The number of hydrogen-bond donors (Lipinski definition) is 1. The van der Waals surface area contributed by atoms with Crippen LogP contribution in [0.5, 0.6) is 0 Å². The van der Waals surface area contributed by atoms with Crippen LogP contribution in [0.15, 0.2) is 53.0 Å². The molecule has 0 aromatic heterocycles. The molecule has 0 saturated heterocycles. The largest absolute Gasteiger partial charge is 0.283 e. The maximum absolute atomic E-state index is 12.7. The van der Waals surface area contributed by atoms with E-state index in [2.05, 4.69) is 26.2 Å². The van der Waals surface area contributed by atoms with E-state index in [1.165, 1.54) is 14.2 Å². The summed E-state index contributed by atoms with van der Waals surface area (Å²) in [6.45, 7) is 0. The van der Waals surface area contributed by atoms with Crippen LogP contribution in [0.25, 0.3) is 0 Å². The van der Waals surface area contributed by atoms with Crippen molar-refractivity contribution in [3.8, 4) is 0 Å². The Morgan fingerprint density at radius 2 is 1.61 bits per heavy atom. The molecular formula is C16H15BrN2O4. The second-order valence-electron chi connectivity index (χ2n) is 4.41. The fourth-order valence-corrected chi connectivity index (χ4v) is 2.48. The van der Waals surface area contributed by atoms with Gasteiger partial charge in [0.1, 0.15) is 0 Å². The van der Waals surface area contributed by atoms with E-state index in [0.29, 0.717) is 15.7 Å². The third-order valence-corrected chi connectivity index (χ3v) is 3.73. The number of para-hydroxylation sites is 1. The van der Waals surface area contributed by atoms with Crippen LogP contribution in [-0.4, -0.2) is 26.0 Å². The molecule has 0 spiro atoms. The summed E-state index contributed by atoms with van der Waals surface area (Å²) in [6, 6.07) is 13.5. The lowest BCUT2D eigenvalue weighted by Crippen LogP contribution is -2.33. The number of hydrogen-bond acceptors (Lipinski definition) is 4. The molecule has 0 unspecified atom stereocenters. The first-order valence-electron chi connectivity index (χ1n) is 6.65. The Morgan fingerprint density at radius 3 is 2.22 bits per heavy atom. The maximum atomic E-state index is 12.7. The molecular weight excluding hydrogens is 364 g/mol. The lowest BCUT2D eigenvalue weighted by atomic mass is 10.1. The lowest BCUT2D eigenvalue weighted by Gasteiger charge is -2.22. The number of nitrogens with zero attached hydrogens (tertiary/aromatic N) is 1. The molecule has 6 nitrogen and oxygen atoms in total. The number of amides is 2. The molecule has 2 aromatic rings. The van der Waals surface area contributed by atoms with Gasteiger partial charge >= 0.3 is 0 Å². The van der Waals surface area contributed by atoms with E-state index in [1.807, 2.05) is 0 Å². The molecule has 23 heavy (non-hydrogen) atoms. The van der Waals surface area contributed by atoms with Gasteiger partial charge in [0.05, 0.1) is 31.0 Å². The van der Waals surface area contributed by atoms with Crippen molar-refractivity contribution in [3.63, 3.8) is 0 Å². The van der Waals surface area contributed by atoms with Crippen LogP contribution < -0.4 is 10.5 Å². The standard InChI is InChI=1S/C16H15BrN2O4/c1-22-18-15(20)12-8-4-6-10-14(12)19(23-2)16(21)11-7-3-5-9-13(11)17/h3-10H,1-2H3,(H,18,20). The van der Waals surface area contributed by atoms with E-state index in [0.717, 1.165) is 5.06 Å². The molecule has 0 aliphatic rings. The molecule has 0 atom stereocenters. The van der Waals surface area contributed by atoms with Crippen molar-refractivity contribution in [2.45, 2.75) is 0 Å². The predicted molar refractivity (Wildman–Crippen MR) is 88.9 cm³/mol. The molecule has 0 aliphatic heterocycles. The van der Waals surface area contributed by atoms with Gasteiger partial charge in [0.2, 0.25) is 0 Å². The minimum atomic E-state index is -0.481. The van der Waals surface area contributed by atoms with Gasteiger partial charge in [-0.25, -0.2) is 5.48 Å². The molecule has 7 heteroatoms. The van der Waals surface area contributed by atoms with Crippen LogP contribution in [0, 0.1) is 0 Å². The summed E-state index contributed by atoms with van der Waals surface area (Å²) in [5.41, 5.74) is 3.20. The van der Waals surface area contributed by atoms with Gasteiger partial charge in [-0.05, 0) is 40.2 Å². The first kappa shape index (κ1) is 17.1. The highest BCUT2D eigenvalue weighted by Crippen LogP contribution is 2.25. The molecule has 0 aliphatic carbocycles. The van der Waals surface area contributed by atoms with Gasteiger partial charge in [-0.3, -0.25) is 19.3 Å². The molecule has 2 rings (SSSR count). The number of rotatable bonds is 5. The van der Waals surface area contributed by atoms with Crippen molar-refractivity contribution in [1.29, 1.82) is 0 Å². The summed E-state index contributed by atoms with van der Waals surface area (Å²) in [6.07, 6.45) is 0. The number of carbonyl (C=O) groups is 2. The predicted octanol–water partition coefficient (Wildman–Crippen LogP) is 2.95. The van der Waals surface area contributed by atoms with Crippen LogP contribution in [0.4, 0.5) is 5.69 Å². The average Bonchev–Trinajstić information content (AvgIpc) is 2.56. The molecule has 0 fully saturated rings. The third kappa shape index (κ3) is 3.76. The smallest absolute Gasteiger partial charge is 0.277 e. The van der Waals surface area contributed by atoms with Gasteiger partial charge in [-0.1, -0.05) is 24.3 Å². The van der Waals surface area contributed by atoms with E-state index >= 15 is 0 Å². The first-order chi connectivity index (χ1) is 11.1. The van der Waals surface area contributed by atoms with Crippen LogP contribution >= 0.6 is 15.9 Å². The zero-order chi connectivity index (χ0) is 16.8. The van der Waals surface area contributed by atoms with Crippen molar-refractivity contribution >= 4 is 33.4 Å². The molecule has 0 saturated carbocycles. The molecule has 120 valence electrons. The molecule has 0 radical (unpaired) electrons. The Morgan fingerprint density at radius 1 is 1.00 bits per heavy atom. The Hall–Kier alpha value is -2.22. The molecule has 2 aromatic carbocycles. The van der Waals surface area contributed by atoms with Crippen molar-refractivity contribution in [1.82, 2.24) is 5.48 Å². The average molecular weight is 379 g/mol. The van der Waals surface area contributed by atoms with E-state index in [-0.39, 0.29) is 5.56 Å². The van der Waals surface area contributed by atoms with E-state index in [4.69, 9.17) is 4.84 Å².